The van der Waals surface area contributed by atoms with Crippen molar-refractivity contribution in [2.24, 2.45) is 0 Å². The van der Waals surface area contributed by atoms with Crippen molar-refractivity contribution in [2.45, 2.75) is 38.0 Å². The minimum absolute atomic E-state index is 0.0165. The molecule has 0 spiro atoms. The number of ether oxygens (including phenoxy) is 2. The number of morpholine rings is 1. The van der Waals surface area contributed by atoms with Crippen LogP contribution in [-0.2, 0) is 16.0 Å². The summed E-state index contributed by atoms with van der Waals surface area (Å²) in [5.41, 5.74) is 2.39. The lowest BCUT2D eigenvalue weighted by molar-refractivity contribution is -0.129. The highest BCUT2D eigenvalue weighted by atomic mass is 16.5. The molecule has 1 aliphatic carbocycles. The molecule has 3 rings (SSSR count). The molecule has 0 unspecified atom stereocenters. The van der Waals surface area contributed by atoms with Crippen molar-refractivity contribution >= 4 is 5.91 Å². The topological polar surface area (TPSA) is 59.6 Å². The van der Waals surface area contributed by atoms with Gasteiger partial charge in [-0.1, -0.05) is 12.1 Å². The molecule has 0 bridgehead atoms. The molecule has 5 heteroatoms. The van der Waals surface area contributed by atoms with E-state index in [1.54, 1.807) is 7.11 Å². The number of nitrogens with one attached hydrogen (secondary N) is 2. The molecule has 0 saturated carbocycles. The fourth-order valence-corrected chi connectivity index (χ4v) is 3.25. The average molecular weight is 290 g/mol. The molecule has 2 N–H and O–H groups in total. The average Bonchev–Trinajstić information content (AvgIpc) is 2.91. The smallest absolute Gasteiger partial charge is 0.240 e. The Morgan fingerprint density at radius 2 is 2.33 bits per heavy atom. The standard InChI is InChI=1S/C16H22N2O3/c1-10-15(17-8-9-21-10)16(19)18-13-7-6-12-11(13)4-3-5-14(12)20-2/h3-5,10,13,15,17H,6-9H2,1-2H3,(H,18,19)/t10-,13-,15+/m1/s1. The van der Waals surface area contributed by atoms with Crippen LogP contribution in [0.5, 0.6) is 5.75 Å². The molecule has 5 nitrogen and oxygen atoms in total. The van der Waals surface area contributed by atoms with Crippen molar-refractivity contribution in [2.75, 3.05) is 20.3 Å². The summed E-state index contributed by atoms with van der Waals surface area (Å²) < 4.78 is 10.9. The molecule has 1 saturated heterocycles. The van der Waals surface area contributed by atoms with Gasteiger partial charge in [0.1, 0.15) is 11.8 Å². The van der Waals surface area contributed by atoms with Gasteiger partial charge in [0.15, 0.2) is 0 Å². The monoisotopic (exact) mass is 290 g/mol. The molecule has 1 fully saturated rings. The maximum absolute atomic E-state index is 12.4. The van der Waals surface area contributed by atoms with Gasteiger partial charge in [-0.05, 0) is 37.0 Å². The van der Waals surface area contributed by atoms with Crippen molar-refractivity contribution < 1.29 is 14.3 Å². The number of rotatable bonds is 3. The number of carbonyl (C=O) groups excluding carboxylic acids is 1. The van der Waals surface area contributed by atoms with E-state index in [1.165, 1.54) is 11.1 Å². The first-order chi connectivity index (χ1) is 10.2. The summed E-state index contributed by atoms with van der Waals surface area (Å²) in [7, 11) is 1.69. The predicted octanol–water partition coefficient (Wildman–Crippen LogP) is 1.18. The first-order valence-electron chi connectivity index (χ1n) is 7.52. The molecule has 21 heavy (non-hydrogen) atoms. The molecule has 1 aromatic carbocycles. The van der Waals surface area contributed by atoms with Crippen molar-refractivity contribution in [1.82, 2.24) is 10.6 Å². The minimum atomic E-state index is -0.270. The molecule has 1 aromatic rings. The normalized spacial score (nSPS) is 28.0. The summed E-state index contributed by atoms with van der Waals surface area (Å²) in [6.45, 7) is 3.31. The number of hydrogen-bond acceptors (Lipinski definition) is 4. The van der Waals surface area contributed by atoms with Gasteiger partial charge in [-0.3, -0.25) is 4.79 Å². The Bertz CT molecular complexity index is 532. The fourth-order valence-electron chi connectivity index (χ4n) is 3.25. The zero-order valence-corrected chi connectivity index (χ0v) is 12.5. The third-order valence-electron chi connectivity index (χ3n) is 4.36. The molecule has 0 radical (unpaired) electrons. The van der Waals surface area contributed by atoms with E-state index in [1.807, 2.05) is 19.1 Å². The van der Waals surface area contributed by atoms with E-state index in [0.29, 0.717) is 6.61 Å². The van der Waals surface area contributed by atoms with Crippen molar-refractivity contribution in [1.29, 1.82) is 0 Å². The number of hydrogen-bond donors (Lipinski definition) is 2. The van der Waals surface area contributed by atoms with Gasteiger partial charge in [-0.25, -0.2) is 0 Å². The van der Waals surface area contributed by atoms with E-state index >= 15 is 0 Å². The highest BCUT2D eigenvalue weighted by molar-refractivity contribution is 5.83. The van der Waals surface area contributed by atoms with Crippen LogP contribution in [0.2, 0.25) is 0 Å². The van der Waals surface area contributed by atoms with Crippen LogP contribution in [0, 0.1) is 0 Å². The Morgan fingerprint density at radius 3 is 3.10 bits per heavy atom. The second-order valence-electron chi connectivity index (χ2n) is 5.64. The Morgan fingerprint density at radius 1 is 1.48 bits per heavy atom. The quantitative estimate of drug-likeness (QED) is 0.877. The number of carbonyl (C=O) groups is 1. The van der Waals surface area contributed by atoms with Crippen LogP contribution in [0.3, 0.4) is 0 Å². The number of fused-ring (bicyclic) bond motifs is 1. The SMILES string of the molecule is COc1cccc2c1CC[C@H]2NC(=O)[C@H]1NCCO[C@@H]1C. The summed E-state index contributed by atoms with van der Waals surface area (Å²) in [6.07, 6.45) is 1.77. The highest BCUT2D eigenvalue weighted by Gasteiger charge is 2.32. The summed E-state index contributed by atoms with van der Waals surface area (Å²) in [5, 5.41) is 6.38. The lowest BCUT2D eigenvalue weighted by atomic mass is 10.1. The van der Waals surface area contributed by atoms with Crippen molar-refractivity contribution in [3.63, 3.8) is 0 Å². The lowest BCUT2D eigenvalue weighted by Crippen LogP contribution is -2.55. The van der Waals surface area contributed by atoms with Crippen molar-refractivity contribution in [3.05, 3.63) is 29.3 Å². The highest BCUT2D eigenvalue weighted by Crippen LogP contribution is 2.36. The second-order valence-corrected chi connectivity index (χ2v) is 5.64. The van der Waals surface area contributed by atoms with Crippen LogP contribution < -0.4 is 15.4 Å². The largest absolute Gasteiger partial charge is 0.496 e. The summed E-state index contributed by atoms with van der Waals surface area (Å²) in [6, 6.07) is 5.82. The summed E-state index contributed by atoms with van der Waals surface area (Å²) in [4.78, 5) is 12.4. The third kappa shape index (κ3) is 2.76. The van der Waals surface area contributed by atoms with Gasteiger partial charge in [0.05, 0.1) is 25.9 Å². The first kappa shape index (κ1) is 14.4. The Balaban J connectivity index is 1.72. The molecule has 1 amide bonds. The van der Waals surface area contributed by atoms with Crippen LogP contribution in [0.4, 0.5) is 0 Å². The Kier molecular flexibility index (Phi) is 4.12. The Labute approximate surface area is 125 Å². The maximum atomic E-state index is 12.4. The third-order valence-corrected chi connectivity index (χ3v) is 4.36. The molecular formula is C16H22N2O3. The summed E-state index contributed by atoms with van der Waals surface area (Å²) in [5.74, 6) is 0.930. The zero-order valence-electron chi connectivity index (χ0n) is 12.5. The second kappa shape index (κ2) is 6.03. The lowest BCUT2D eigenvalue weighted by Gasteiger charge is -2.30. The van der Waals surface area contributed by atoms with Crippen LogP contribution >= 0.6 is 0 Å². The molecule has 3 atom stereocenters. The first-order valence-corrected chi connectivity index (χ1v) is 7.52. The van der Waals surface area contributed by atoms with Gasteiger partial charge in [-0.15, -0.1) is 0 Å². The van der Waals surface area contributed by atoms with E-state index in [9.17, 15) is 4.79 Å². The molecule has 1 aliphatic heterocycles. The maximum Gasteiger partial charge on any atom is 0.240 e. The van der Waals surface area contributed by atoms with Gasteiger partial charge in [-0.2, -0.15) is 0 Å². The van der Waals surface area contributed by atoms with Gasteiger partial charge in [0.2, 0.25) is 5.91 Å². The number of methoxy groups -OCH3 is 1. The molecule has 1 heterocycles. The van der Waals surface area contributed by atoms with E-state index < -0.39 is 0 Å². The number of amides is 1. The fraction of sp³-hybridized carbons (Fsp3) is 0.562. The molecule has 2 aliphatic rings. The Hall–Kier alpha value is -1.59. The van der Waals surface area contributed by atoms with Crippen LogP contribution in [0.1, 0.15) is 30.5 Å². The van der Waals surface area contributed by atoms with Crippen molar-refractivity contribution in [3.8, 4) is 5.75 Å². The molecule has 114 valence electrons. The van der Waals surface area contributed by atoms with Crippen LogP contribution in [0.15, 0.2) is 18.2 Å². The van der Waals surface area contributed by atoms with E-state index in [0.717, 1.165) is 25.1 Å². The van der Waals surface area contributed by atoms with Crippen LogP contribution in [-0.4, -0.2) is 38.3 Å². The zero-order chi connectivity index (χ0) is 14.8. The van der Waals surface area contributed by atoms with E-state index in [4.69, 9.17) is 9.47 Å². The van der Waals surface area contributed by atoms with Gasteiger partial charge >= 0.3 is 0 Å². The summed E-state index contributed by atoms with van der Waals surface area (Å²) >= 11 is 0. The van der Waals surface area contributed by atoms with Gasteiger partial charge in [0, 0.05) is 6.54 Å². The predicted molar refractivity (Wildman–Crippen MR) is 79.4 cm³/mol. The van der Waals surface area contributed by atoms with Gasteiger partial charge < -0.3 is 20.1 Å². The van der Waals surface area contributed by atoms with Crippen LogP contribution in [0.25, 0.3) is 0 Å². The van der Waals surface area contributed by atoms with Gasteiger partial charge in [0.25, 0.3) is 0 Å². The molecule has 0 aromatic heterocycles. The molecular weight excluding hydrogens is 268 g/mol. The van der Waals surface area contributed by atoms with E-state index in [-0.39, 0.29) is 24.1 Å². The number of benzene rings is 1. The van der Waals surface area contributed by atoms with E-state index in [2.05, 4.69) is 16.7 Å². The minimum Gasteiger partial charge on any atom is -0.496 e.